The molecule has 1 saturated heterocycles. The minimum atomic E-state index is 0.103. The summed E-state index contributed by atoms with van der Waals surface area (Å²) in [6.45, 7) is 8.80. The number of hydrogen-bond acceptors (Lipinski definition) is 5. The number of rotatable bonds is 3. The number of aromatic nitrogens is 2. The van der Waals surface area contributed by atoms with Gasteiger partial charge in [0.15, 0.2) is 5.69 Å². The Morgan fingerprint density at radius 3 is 2.94 bits per heavy atom. The molecule has 7 nitrogen and oxygen atoms in total. The van der Waals surface area contributed by atoms with E-state index in [4.69, 9.17) is 21.4 Å². The zero-order chi connectivity index (χ0) is 22.9. The number of ether oxygens (including phenoxy) is 1. The maximum Gasteiger partial charge on any atom is 0.274 e. The third-order valence-electron chi connectivity index (χ3n) is 7.38. The Labute approximate surface area is 201 Å². The van der Waals surface area contributed by atoms with Crippen LogP contribution in [0, 0.1) is 0 Å². The minimum absolute atomic E-state index is 0.103. The lowest BCUT2D eigenvalue weighted by Gasteiger charge is -2.33. The van der Waals surface area contributed by atoms with Gasteiger partial charge < -0.3 is 14.5 Å². The predicted molar refractivity (Wildman–Crippen MR) is 129 cm³/mol. The Balaban J connectivity index is 1.39. The number of hydrogen-bond donors (Lipinski definition) is 0. The molecular formula is C25H34ClN5O2. The second-order valence-corrected chi connectivity index (χ2v) is 9.94. The molecule has 2 aliphatic heterocycles. The van der Waals surface area contributed by atoms with Crippen LogP contribution in [0.4, 0.5) is 0 Å². The topological polar surface area (TPSA) is 53.8 Å². The average Bonchev–Trinajstić information content (AvgIpc) is 2.93. The highest BCUT2D eigenvalue weighted by atomic mass is 35.5. The van der Waals surface area contributed by atoms with Crippen LogP contribution >= 0.6 is 11.6 Å². The van der Waals surface area contributed by atoms with E-state index in [9.17, 15) is 4.79 Å². The van der Waals surface area contributed by atoms with Crippen molar-refractivity contribution < 1.29 is 9.53 Å². The summed E-state index contributed by atoms with van der Waals surface area (Å²) in [5.41, 5.74) is 4.22. The number of benzene rings is 1. The highest BCUT2D eigenvalue weighted by Crippen LogP contribution is 2.32. The van der Waals surface area contributed by atoms with E-state index >= 15 is 0 Å². The summed E-state index contributed by atoms with van der Waals surface area (Å²) < 4.78 is 8.05. The van der Waals surface area contributed by atoms with Gasteiger partial charge in [-0.25, -0.2) is 0 Å². The van der Waals surface area contributed by atoms with Crippen LogP contribution < -0.4 is 4.74 Å². The lowest BCUT2D eigenvalue weighted by Crippen LogP contribution is -2.41. The quantitative estimate of drug-likeness (QED) is 0.688. The standard InChI is InChI=1S/C25H34ClN5O2/c1-3-31-22-7-6-20(30-13-14-33-23-8-5-19(26)15-18(23)17-30)16-21(22)24(27-31)25(32)29-10-4-9-28(2)11-12-29/h5,8,15,20H,3-4,6-7,9-14,16-17H2,1-2H3. The van der Waals surface area contributed by atoms with Gasteiger partial charge >= 0.3 is 0 Å². The Morgan fingerprint density at radius 2 is 2.09 bits per heavy atom. The number of nitrogens with zero attached hydrogens (tertiary/aromatic N) is 5. The van der Waals surface area contributed by atoms with Crippen molar-refractivity contribution in [2.45, 2.75) is 51.7 Å². The van der Waals surface area contributed by atoms with Crippen molar-refractivity contribution in [3.05, 3.63) is 45.7 Å². The van der Waals surface area contributed by atoms with Crippen LogP contribution in [0.3, 0.4) is 0 Å². The van der Waals surface area contributed by atoms with Crippen LogP contribution in [0.5, 0.6) is 5.75 Å². The van der Waals surface area contributed by atoms with E-state index in [1.807, 2.05) is 23.1 Å². The molecule has 1 aliphatic carbocycles. The van der Waals surface area contributed by atoms with E-state index in [0.29, 0.717) is 18.3 Å². The number of halogens is 1. The number of carbonyl (C=O) groups excluding carboxylic acids is 1. The zero-order valence-corrected chi connectivity index (χ0v) is 20.5. The summed E-state index contributed by atoms with van der Waals surface area (Å²) in [5, 5.41) is 5.57. The van der Waals surface area contributed by atoms with Crippen molar-refractivity contribution in [1.29, 1.82) is 0 Å². The molecule has 1 aromatic carbocycles. The van der Waals surface area contributed by atoms with Gasteiger partial charge in [-0.05, 0) is 64.4 Å². The van der Waals surface area contributed by atoms with Crippen molar-refractivity contribution >= 4 is 17.5 Å². The Kier molecular flexibility index (Phi) is 6.63. The molecule has 178 valence electrons. The van der Waals surface area contributed by atoms with Gasteiger partial charge in [-0.2, -0.15) is 5.10 Å². The smallest absolute Gasteiger partial charge is 0.274 e. The normalized spacial score (nSPS) is 22.2. The third kappa shape index (κ3) is 4.63. The molecule has 1 amide bonds. The zero-order valence-electron chi connectivity index (χ0n) is 19.7. The SMILES string of the molecule is CCn1nc(C(=O)N2CCCN(C)CC2)c2c1CCC(N1CCOc3ccc(Cl)cc3C1)C2. The lowest BCUT2D eigenvalue weighted by molar-refractivity contribution is 0.0753. The Hall–Kier alpha value is -2.09. The molecule has 0 bridgehead atoms. The van der Waals surface area contributed by atoms with Crippen molar-refractivity contribution in [3.8, 4) is 5.75 Å². The number of carbonyl (C=O) groups is 1. The van der Waals surface area contributed by atoms with Crippen molar-refractivity contribution in [2.24, 2.45) is 0 Å². The van der Waals surface area contributed by atoms with Gasteiger partial charge in [0, 0.05) is 67.2 Å². The van der Waals surface area contributed by atoms with Gasteiger partial charge in [0.25, 0.3) is 5.91 Å². The van der Waals surface area contributed by atoms with Gasteiger partial charge in [-0.1, -0.05) is 11.6 Å². The maximum absolute atomic E-state index is 13.6. The van der Waals surface area contributed by atoms with Crippen LogP contribution in [0.2, 0.25) is 5.02 Å². The van der Waals surface area contributed by atoms with E-state index in [1.54, 1.807) is 0 Å². The van der Waals surface area contributed by atoms with E-state index in [1.165, 1.54) is 5.69 Å². The Bertz CT molecular complexity index is 1020. The van der Waals surface area contributed by atoms with Gasteiger partial charge in [0.2, 0.25) is 0 Å². The van der Waals surface area contributed by atoms with Crippen molar-refractivity contribution in [1.82, 2.24) is 24.5 Å². The van der Waals surface area contributed by atoms with E-state index < -0.39 is 0 Å². The van der Waals surface area contributed by atoms with Gasteiger partial charge in [0.05, 0.1) is 0 Å². The first-order chi connectivity index (χ1) is 16.0. The van der Waals surface area contributed by atoms with E-state index in [0.717, 1.165) is 93.4 Å². The summed E-state index contributed by atoms with van der Waals surface area (Å²) in [6.07, 6.45) is 3.89. The summed E-state index contributed by atoms with van der Waals surface area (Å²) in [6, 6.07) is 6.24. The number of likely N-dealkylation sites (N-methyl/N-ethyl adjacent to an activating group) is 1. The highest BCUT2D eigenvalue weighted by molar-refractivity contribution is 6.30. The molecule has 0 radical (unpaired) electrons. The number of aryl methyl sites for hydroxylation is 1. The maximum atomic E-state index is 13.6. The summed E-state index contributed by atoms with van der Waals surface area (Å²) in [7, 11) is 2.13. The van der Waals surface area contributed by atoms with E-state index in [2.05, 4.69) is 28.5 Å². The molecule has 1 fully saturated rings. The second kappa shape index (κ2) is 9.65. The van der Waals surface area contributed by atoms with Crippen LogP contribution in [0.15, 0.2) is 18.2 Å². The largest absolute Gasteiger partial charge is 0.492 e. The molecule has 0 N–H and O–H groups in total. The van der Waals surface area contributed by atoms with Gasteiger partial charge in [0.1, 0.15) is 12.4 Å². The number of amides is 1. The molecule has 2 aromatic rings. The van der Waals surface area contributed by atoms with Crippen LogP contribution in [0.25, 0.3) is 0 Å². The molecule has 3 heterocycles. The first-order valence-corrected chi connectivity index (χ1v) is 12.6. The summed E-state index contributed by atoms with van der Waals surface area (Å²) in [5.74, 6) is 1.03. The molecule has 1 aromatic heterocycles. The first kappa shape index (κ1) is 22.7. The molecule has 0 saturated carbocycles. The molecular weight excluding hydrogens is 438 g/mol. The molecule has 1 unspecified atom stereocenters. The number of fused-ring (bicyclic) bond motifs is 2. The minimum Gasteiger partial charge on any atom is -0.492 e. The summed E-state index contributed by atoms with van der Waals surface area (Å²) in [4.78, 5) is 20.4. The molecule has 8 heteroatoms. The summed E-state index contributed by atoms with van der Waals surface area (Å²) >= 11 is 6.27. The predicted octanol–water partition coefficient (Wildman–Crippen LogP) is 3.09. The van der Waals surface area contributed by atoms with Gasteiger partial charge in [-0.15, -0.1) is 0 Å². The fourth-order valence-corrected chi connectivity index (χ4v) is 5.70. The van der Waals surface area contributed by atoms with Gasteiger partial charge in [-0.3, -0.25) is 14.4 Å². The monoisotopic (exact) mass is 471 g/mol. The van der Waals surface area contributed by atoms with Crippen LogP contribution in [-0.2, 0) is 25.9 Å². The van der Waals surface area contributed by atoms with Crippen molar-refractivity contribution in [2.75, 3.05) is 46.4 Å². The Morgan fingerprint density at radius 1 is 1.21 bits per heavy atom. The fourth-order valence-electron chi connectivity index (χ4n) is 5.51. The van der Waals surface area contributed by atoms with Crippen molar-refractivity contribution in [3.63, 3.8) is 0 Å². The first-order valence-electron chi connectivity index (χ1n) is 12.2. The van der Waals surface area contributed by atoms with E-state index in [-0.39, 0.29) is 5.91 Å². The second-order valence-electron chi connectivity index (χ2n) is 9.51. The average molecular weight is 472 g/mol. The fraction of sp³-hybridized carbons (Fsp3) is 0.600. The molecule has 5 rings (SSSR count). The van der Waals surface area contributed by atoms with Crippen LogP contribution in [0.1, 0.15) is 47.1 Å². The third-order valence-corrected chi connectivity index (χ3v) is 7.61. The molecule has 33 heavy (non-hydrogen) atoms. The van der Waals surface area contributed by atoms with Crippen LogP contribution in [-0.4, -0.2) is 82.8 Å². The molecule has 0 spiro atoms. The molecule has 1 atom stereocenters. The molecule has 3 aliphatic rings. The highest BCUT2D eigenvalue weighted by Gasteiger charge is 2.34. The lowest BCUT2D eigenvalue weighted by atomic mass is 9.89.